The Balaban J connectivity index is 2.20. The summed E-state index contributed by atoms with van der Waals surface area (Å²) >= 11 is 0. The largest absolute Gasteiger partial charge is 0.394 e. The van der Waals surface area contributed by atoms with Crippen molar-refractivity contribution in [2.45, 2.75) is 45.3 Å². The summed E-state index contributed by atoms with van der Waals surface area (Å²) in [6.45, 7) is 4.97. The standard InChI is InChI=1S/C11H23NO2/c1-8-3-4-10(5-9(8)2)12-6-11(14)7-13/h8-14H,3-7H2,1-2H3/t8?,9?,10?,11-/m0/s1. The minimum atomic E-state index is -0.607. The van der Waals surface area contributed by atoms with Gasteiger partial charge in [-0.3, -0.25) is 0 Å². The Morgan fingerprint density at radius 3 is 2.57 bits per heavy atom. The van der Waals surface area contributed by atoms with Crippen molar-refractivity contribution in [1.29, 1.82) is 0 Å². The molecule has 1 rings (SSSR count). The molecule has 1 saturated carbocycles. The van der Waals surface area contributed by atoms with E-state index in [1.54, 1.807) is 0 Å². The van der Waals surface area contributed by atoms with Crippen LogP contribution in [0.3, 0.4) is 0 Å². The van der Waals surface area contributed by atoms with Crippen LogP contribution in [0.25, 0.3) is 0 Å². The van der Waals surface area contributed by atoms with E-state index in [-0.39, 0.29) is 6.61 Å². The van der Waals surface area contributed by atoms with E-state index in [2.05, 4.69) is 19.2 Å². The highest BCUT2D eigenvalue weighted by molar-refractivity contribution is 4.80. The fraction of sp³-hybridized carbons (Fsp3) is 1.00. The highest BCUT2D eigenvalue weighted by Gasteiger charge is 2.24. The normalized spacial score (nSPS) is 35.6. The Hall–Kier alpha value is -0.120. The molecule has 0 aromatic heterocycles. The van der Waals surface area contributed by atoms with Gasteiger partial charge >= 0.3 is 0 Å². The Morgan fingerprint density at radius 1 is 1.29 bits per heavy atom. The van der Waals surface area contributed by atoms with Crippen LogP contribution < -0.4 is 5.32 Å². The Labute approximate surface area is 86.5 Å². The van der Waals surface area contributed by atoms with Crippen LogP contribution >= 0.6 is 0 Å². The van der Waals surface area contributed by atoms with Crippen LogP contribution in [0.5, 0.6) is 0 Å². The van der Waals surface area contributed by atoms with Gasteiger partial charge in [-0.25, -0.2) is 0 Å². The minimum absolute atomic E-state index is 0.147. The second kappa shape index (κ2) is 5.69. The van der Waals surface area contributed by atoms with Crippen molar-refractivity contribution < 1.29 is 10.2 Å². The zero-order valence-corrected chi connectivity index (χ0v) is 9.24. The summed E-state index contributed by atoms with van der Waals surface area (Å²) < 4.78 is 0. The van der Waals surface area contributed by atoms with Gasteiger partial charge in [0.05, 0.1) is 12.7 Å². The molecule has 4 atom stereocenters. The molecule has 1 aliphatic carbocycles. The molecule has 3 N–H and O–H groups in total. The zero-order chi connectivity index (χ0) is 10.6. The van der Waals surface area contributed by atoms with Crippen LogP contribution in [0.4, 0.5) is 0 Å². The summed E-state index contributed by atoms with van der Waals surface area (Å²) in [6.07, 6.45) is 3.06. The van der Waals surface area contributed by atoms with Crippen molar-refractivity contribution in [2.24, 2.45) is 11.8 Å². The minimum Gasteiger partial charge on any atom is -0.394 e. The first kappa shape index (κ1) is 12.0. The fourth-order valence-corrected chi connectivity index (χ4v) is 2.10. The lowest BCUT2D eigenvalue weighted by Gasteiger charge is -2.33. The van der Waals surface area contributed by atoms with E-state index in [1.807, 2.05) is 0 Å². The molecule has 0 amide bonds. The lowest BCUT2D eigenvalue weighted by Crippen LogP contribution is -2.40. The van der Waals surface area contributed by atoms with Gasteiger partial charge in [-0.1, -0.05) is 13.8 Å². The average Bonchev–Trinajstić information content (AvgIpc) is 2.19. The molecule has 0 spiro atoms. The Morgan fingerprint density at radius 2 is 2.00 bits per heavy atom. The Bertz CT molecular complexity index is 163. The molecule has 0 aromatic rings. The molecule has 3 heteroatoms. The van der Waals surface area contributed by atoms with Crippen LogP contribution in [0.1, 0.15) is 33.1 Å². The van der Waals surface area contributed by atoms with Crippen LogP contribution in [0.15, 0.2) is 0 Å². The first-order valence-electron chi connectivity index (χ1n) is 5.65. The summed E-state index contributed by atoms with van der Waals surface area (Å²) in [4.78, 5) is 0. The smallest absolute Gasteiger partial charge is 0.0895 e. The van der Waals surface area contributed by atoms with E-state index in [0.717, 1.165) is 11.8 Å². The van der Waals surface area contributed by atoms with Crippen molar-refractivity contribution >= 4 is 0 Å². The van der Waals surface area contributed by atoms with Gasteiger partial charge in [0, 0.05) is 12.6 Å². The zero-order valence-electron chi connectivity index (χ0n) is 9.24. The third kappa shape index (κ3) is 3.56. The fourth-order valence-electron chi connectivity index (χ4n) is 2.10. The maximum absolute atomic E-state index is 9.19. The molecule has 0 radical (unpaired) electrons. The molecule has 0 bridgehead atoms. The van der Waals surface area contributed by atoms with E-state index in [4.69, 9.17) is 5.11 Å². The Kier molecular flexibility index (Phi) is 4.85. The predicted octanol–water partition coefficient (Wildman–Crippen LogP) is 0.754. The first-order chi connectivity index (χ1) is 6.63. The molecule has 3 unspecified atom stereocenters. The molecule has 0 saturated heterocycles. The number of hydrogen-bond donors (Lipinski definition) is 3. The van der Waals surface area contributed by atoms with Gasteiger partial charge in [-0.15, -0.1) is 0 Å². The molecular weight excluding hydrogens is 178 g/mol. The van der Waals surface area contributed by atoms with Crippen molar-refractivity contribution in [1.82, 2.24) is 5.32 Å². The first-order valence-corrected chi connectivity index (χ1v) is 5.65. The number of aliphatic hydroxyl groups is 2. The molecule has 3 nitrogen and oxygen atoms in total. The number of aliphatic hydroxyl groups excluding tert-OH is 2. The molecule has 84 valence electrons. The third-order valence-electron chi connectivity index (χ3n) is 3.45. The van der Waals surface area contributed by atoms with E-state index in [9.17, 15) is 5.11 Å². The predicted molar refractivity (Wildman–Crippen MR) is 57.1 cm³/mol. The second-order valence-corrected chi connectivity index (χ2v) is 4.71. The van der Waals surface area contributed by atoms with Crippen LogP contribution in [0, 0.1) is 11.8 Å². The lowest BCUT2D eigenvalue weighted by atomic mass is 9.79. The SMILES string of the molecule is CC1CCC(NC[C@H](O)CO)CC1C. The van der Waals surface area contributed by atoms with Crippen molar-refractivity contribution in [3.05, 3.63) is 0 Å². The van der Waals surface area contributed by atoms with Gasteiger partial charge in [-0.05, 0) is 31.1 Å². The molecule has 0 heterocycles. The summed E-state index contributed by atoms with van der Waals surface area (Å²) in [5.74, 6) is 1.60. The molecule has 0 aromatic carbocycles. The topological polar surface area (TPSA) is 52.5 Å². The molecular formula is C11H23NO2. The summed E-state index contributed by atoms with van der Waals surface area (Å²) in [7, 11) is 0. The van der Waals surface area contributed by atoms with Crippen molar-refractivity contribution in [3.8, 4) is 0 Å². The maximum Gasteiger partial charge on any atom is 0.0895 e. The third-order valence-corrected chi connectivity index (χ3v) is 3.45. The number of rotatable bonds is 4. The van der Waals surface area contributed by atoms with Gasteiger partial charge in [-0.2, -0.15) is 0 Å². The quantitative estimate of drug-likeness (QED) is 0.629. The number of hydrogen-bond acceptors (Lipinski definition) is 3. The molecule has 1 aliphatic rings. The van der Waals surface area contributed by atoms with E-state index < -0.39 is 6.10 Å². The van der Waals surface area contributed by atoms with E-state index in [0.29, 0.717) is 12.6 Å². The van der Waals surface area contributed by atoms with Crippen molar-refractivity contribution in [2.75, 3.05) is 13.2 Å². The van der Waals surface area contributed by atoms with Crippen LogP contribution in [-0.2, 0) is 0 Å². The van der Waals surface area contributed by atoms with Gasteiger partial charge in [0.1, 0.15) is 0 Å². The van der Waals surface area contributed by atoms with Crippen molar-refractivity contribution in [3.63, 3.8) is 0 Å². The molecule has 14 heavy (non-hydrogen) atoms. The second-order valence-electron chi connectivity index (χ2n) is 4.71. The van der Waals surface area contributed by atoms with Gasteiger partial charge in [0.2, 0.25) is 0 Å². The molecule has 0 aliphatic heterocycles. The summed E-state index contributed by atoms with van der Waals surface area (Å²) in [5, 5.41) is 21.2. The lowest BCUT2D eigenvalue weighted by molar-refractivity contribution is 0.0876. The van der Waals surface area contributed by atoms with Gasteiger partial charge in [0.25, 0.3) is 0 Å². The summed E-state index contributed by atoms with van der Waals surface area (Å²) in [5.41, 5.74) is 0. The highest BCUT2D eigenvalue weighted by Crippen LogP contribution is 2.29. The van der Waals surface area contributed by atoms with Gasteiger partial charge < -0.3 is 15.5 Å². The van der Waals surface area contributed by atoms with Crippen LogP contribution in [-0.4, -0.2) is 35.5 Å². The number of nitrogens with one attached hydrogen (secondary N) is 1. The monoisotopic (exact) mass is 201 g/mol. The molecule has 1 fully saturated rings. The summed E-state index contributed by atoms with van der Waals surface area (Å²) in [6, 6.07) is 0.530. The van der Waals surface area contributed by atoms with E-state index >= 15 is 0 Å². The van der Waals surface area contributed by atoms with Gasteiger partial charge in [0.15, 0.2) is 0 Å². The van der Waals surface area contributed by atoms with Crippen LogP contribution in [0.2, 0.25) is 0 Å². The maximum atomic E-state index is 9.19. The van der Waals surface area contributed by atoms with E-state index in [1.165, 1.54) is 19.3 Å². The highest BCUT2D eigenvalue weighted by atomic mass is 16.3. The average molecular weight is 201 g/mol.